The summed E-state index contributed by atoms with van der Waals surface area (Å²) in [6.45, 7) is 16.3. The summed E-state index contributed by atoms with van der Waals surface area (Å²) in [5.41, 5.74) is 3.10. The minimum Gasteiger partial charge on any atom is -0.451 e. The van der Waals surface area contributed by atoms with Crippen molar-refractivity contribution in [2.45, 2.75) is 151 Å². The van der Waals surface area contributed by atoms with Gasteiger partial charge in [0.05, 0.1) is 0 Å². The molecule has 51 heavy (non-hydrogen) atoms. The van der Waals surface area contributed by atoms with Gasteiger partial charge >= 0.3 is 5.97 Å². The van der Waals surface area contributed by atoms with E-state index in [0.29, 0.717) is 48.1 Å². The Morgan fingerprint density at radius 3 is 2.00 bits per heavy atom. The van der Waals surface area contributed by atoms with Crippen molar-refractivity contribution in [3.8, 4) is 0 Å². The predicted molar refractivity (Wildman–Crippen MR) is 197 cm³/mol. The summed E-state index contributed by atoms with van der Waals surface area (Å²) in [5, 5.41) is 0. The van der Waals surface area contributed by atoms with Gasteiger partial charge in [0.1, 0.15) is 5.78 Å². The molecule has 8 aliphatic carbocycles. The van der Waals surface area contributed by atoms with Crippen LogP contribution < -0.4 is 0 Å². The normalized spacial score (nSPS) is 46.6. The fourth-order valence-electron chi connectivity index (χ4n) is 14.7. The van der Waals surface area contributed by atoms with E-state index in [1.54, 1.807) is 13.8 Å². The highest BCUT2D eigenvalue weighted by molar-refractivity contribution is 5.93. The molecule has 6 heteroatoms. The predicted octanol–water partition coefficient (Wildman–Crippen LogP) is 9.30. The quantitative estimate of drug-likeness (QED) is 0.273. The number of allylic oxidation sites excluding steroid dienone is 5. The van der Waals surface area contributed by atoms with E-state index < -0.39 is 5.60 Å². The first-order valence-corrected chi connectivity index (χ1v) is 20.3. The van der Waals surface area contributed by atoms with Crippen molar-refractivity contribution in [3.05, 3.63) is 34.9 Å². The van der Waals surface area contributed by atoms with Gasteiger partial charge < -0.3 is 4.74 Å². The van der Waals surface area contributed by atoms with E-state index in [1.165, 1.54) is 49.3 Å². The van der Waals surface area contributed by atoms with Gasteiger partial charge in [0, 0.05) is 31.1 Å². The molecule has 0 bridgehead atoms. The van der Waals surface area contributed by atoms with Crippen molar-refractivity contribution >= 4 is 29.1 Å². The minimum atomic E-state index is -0.990. The molecule has 12 atom stereocenters. The van der Waals surface area contributed by atoms with E-state index in [4.69, 9.17) is 4.74 Å². The molecule has 0 heterocycles. The summed E-state index contributed by atoms with van der Waals surface area (Å²) in [5.74, 6) is 4.32. The molecule has 8 rings (SSSR count). The van der Waals surface area contributed by atoms with Crippen molar-refractivity contribution < 1.29 is 28.7 Å². The lowest BCUT2D eigenvalue weighted by Gasteiger charge is -2.58. The molecule has 0 aromatic carbocycles. The Morgan fingerprint density at radius 1 is 0.686 bits per heavy atom. The topological polar surface area (TPSA) is 94.6 Å². The van der Waals surface area contributed by atoms with Gasteiger partial charge in [-0.1, -0.05) is 44.9 Å². The van der Waals surface area contributed by atoms with Gasteiger partial charge in [-0.25, -0.2) is 0 Å². The second-order valence-electron chi connectivity index (χ2n) is 19.3. The first-order chi connectivity index (χ1) is 23.9. The smallest absolute Gasteiger partial charge is 0.303 e. The summed E-state index contributed by atoms with van der Waals surface area (Å²) in [6.07, 6.45) is 20.1. The largest absolute Gasteiger partial charge is 0.451 e. The Labute approximate surface area is 306 Å². The molecule has 0 spiro atoms. The van der Waals surface area contributed by atoms with Crippen molar-refractivity contribution in [1.82, 2.24) is 0 Å². The second-order valence-corrected chi connectivity index (χ2v) is 19.3. The molecule has 5 saturated carbocycles. The minimum absolute atomic E-state index is 0.0160. The average molecular weight is 699 g/mol. The molecule has 0 amide bonds. The van der Waals surface area contributed by atoms with E-state index in [-0.39, 0.29) is 39.2 Å². The molecule has 5 fully saturated rings. The van der Waals surface area contributed by atoms with Crippen LogP contribution in [-0.2, 0) is 28.7 Å². The Morgan fingerprint density at radius 2 is 1.33 bits per heavy atom. The number of fused-ring (bicyclic) bond motifs is 10. The van der Waals surface area contributed by atoms with Crippen molar-refractivity contribution in [2.75, 3.05) is 0 Å². The first kappa shape index (κ1) is 36.7. The van der Waals surface area contributed by atoms with Crippen LogP contribution in [0.4, 0.5) is 0 Å². The second kappa shape index (κ2) is 12.5. The van der Waals surface area contributed by atoms with Gasteiger partial charge in [-0.3, -0.25) is 24.0 Å². The van der Waals surface area contributed by atoms with Gasteiger partial charge in [-0.05, 0) is 167 Å². The highest BCUT2D eigenvalue weighted by Gasteiger charge is 2.67. The fourth-order valence-corrected chi connectivity index (χ4v) is 14.7. The lowest BCUT2D eigenvalue weighted by atomic mass is 9.47. The van der Waals surface area contributed by atoms with Crippen LogP contribution in [0, 0.1) is 63.1 Å². The van der Waals surface area contributed by atoms with Crippen LogP contribution in [0.15, 0.2) is 34.9 Å². The molecule has 0 aromatic rings. The van der Waals surface area contributed by atoms with Crippen LogP contribution in [0.5, 0.6) is 0 Å². The molecule has 0 N–H and O–H groups in total. The number of hydrogen-bond acceptors (Lipinski definition) is 6. The van der Waals surface area contributed by atoms with E-state index in [9.17, 15) is 24.0 Å². The molecule has 0 unspecified atom stereocenters. The highest BCUT2D eigenvalue weighted by Crippen LogP contribution is 2.69. The van der Waals surface area contributed by atoms with Gasteiger partial charge in [0.2, 0.25) is 0 Å². The summed E-state index contributed by atoms with van der Waals surface area (Å²) in [4.78, 5) is 60.8. The SMILES string of the molecule is CC(=O)O[C@]1(C(C)=O)CC[C@H]2[C@@H]3C=C(C)C4=CC(=O)CC[C@]4(C)[C@H]3CC[C@@]21C.CC(=O)[C@H]1CC[C@H]2[C@@H]3CCC4=CC(=O)CC[C@]4(C)[C@H]3CC[C@]12C. The maximum Gasteiger partial charge on any atom is 0.303 e. The summed E-state index contributed by atoms with van der Waals surface area (Å²) in [6, 6.07) is 0. The van der Waals surface area contributed by atoms with E-state index in [2.05, 4.69) is 40.7 Å². The Bertz CT molecular complexity index is 1650. The molecule has 278 valence electrons. The monoisotopic (exact) mass is 698 g/mol. The fraction of sp³-hybridized carbons (Fsp3) is 0.756. The van der Waals surface area contributed by atoms with E-state index in [0.717, 1.165) is 69.1 Å². The van der Waals surface area contributed by atoms with Crippen molar-refractivity contribution in [2.24, 2.45) is 63.1 Å². The third-order valence-electron chi connectivity index (χ3n) is 17.3. The number of Topliss-reactive ketones (excluding diaryl/α,β-unsaturated/α-hetero) is 2. The first-order valence-electron chi connectivity index (χ1n) is 20.3. The molecule has 0 aliphatic heterocycles. The van der Waals surface area contributed by atoms with Gasteiger partial charge in [0.25, 0.3) is 0 Å². The molecule has 0 aromatic heterocycles. The zero-order valence-electron chi connectivity index (χ0n) is 32.6. The maximum absolute atomic E-state index is 12.8. The van der Waals surface area contributed by atoms with Crippen molar-refractivity contribution in [1.29, 1.82) is 0 Å². The molecule has 8 aliphatic rings. The zero-order valence-corrected chi connectivity index (χ0v) is 32.6. The number of ketones is 4. The number of ether oxygens (including phenoxy) is 1. The van der Waals surface area contributed by atoms with Crippen LogP contribution in [0.3, 0.4) is 0 Å². The van der Waals surface area contributed by atoms with Crippen LogP contribution in [-0.4, -0.2) is 34.7 Å². The number of hydrogen-bond donors (Lipinski definition) is 0. The van der Waals surface area contributed by atoms with E-state index in [1.807, 2.05) is 12.2 Å². The standard InChI is InChI=1S/C24H32O4.C21H30O2/c1-14-12-18-19(22(4)9-6-17(27)13-21(14)22)7-10-23(5)20(18)8-11-24(23,15(2)25)28-16(3)26;1-13(22)17-6-7-18-16-5-4-14-12-15(23)8-10-20(14,2)19(16)9-11-21(17,18)3/h12-13,18-20H,6-11H2,1-5H3;12,16-19H,4-11H2,1-3H3/t18-,19+,20+,22-,23+,24+;16-,17+,18-,19-,20-,21+/m10/s1. The van der Waals surface area contributed by atoms with Crippen molar-refractivity contribution in [3.63, 3.8) is 0 Å². The number of carbonyl (C=O) groups is 5. The lowest BCUT2D eigenvalue weighted by Crippen LogP contribution is -2.58. The van der Waals surface area contributed by atoms with Gasteiger partial charge in [-0.15, -0.1) is 0 Å². The summed E-state index contributed by atoms with van der Waals surface area (Å²) in [7, 11) is 0. The van der Waals surface area contributed by atoms with Crippen LogP contribution in [0.1, 0.15) is 145 Å². The Balaban J connectivity index is 0.000000162. The molecule has 0 radical (unpaired) electrons. The van der Waals surface area contributed by atoms with Gasteiger partial charge in [-0.2, -0.15) is 0 Å². The highest BCUT2D eigenvalue weighted by atomic mass is 16.6. The van der Waals surface area contributed by atoms with Crippen LogP contribution in [0.25, 0.3) is 0 Å². The lowest BCUT2D eigenvalue weighted by molar-refractivity contribution is -0.185. The Hall–Kier alpha value is -2.63. The number of carbonyl (C=O) groups excluding carboxylic acids is 5. The third-order valence-corrected chi connectivity index (χ3v) is 17.3. The van der Waals surface area contributed by atoms with Gasteiger partial charge in [0.15, 0.2) is 23.0 Å². The Kier molecular flexibility index (Phi) is 8.98. The summed E-state index contributed by atoms with van der Waals surface area (Å²) >= 11 is 0. The average Bonchev–Trinajstić information content (AvgIpc) is 3.57. The van der Waals surface area contributed by atoms with E-state index >= 15 is 0 Å². The molecule has 6 nitrogen and oxygen atoms in total. The maximum atomic E-state index is 12.8. The molecule has 0 saturated heterocycles. The molecular formula is C45H62O6. The number of rotatable bonds is 3. The van der Waals surface area contributed by atoms with Crippen LogP contribution in [0.2, 0.25) is 0 Å². The molecular weight excluding hydrogens is 636 g/mol. The third kappa shape index (κ3) is 5.32. The summed E-state index contributed by atoms with van der Waals surface area (Å²) < 4.78 is 5.82. The zero-order chi connectivity index (χ0) is 36.9. The van der Waals surface area contributed by atoms with Crippen LogP contribution >= 0.6 is 0 Å². The number of esters is 1.